The Balaban J connectivity index is 2.26. The molecule has 3 aromatic rings. The zero-order valence-corrected chi connectivity index (χ0v) is 15.3. The van der Waals surface area contributed by atoms with Gasteiger partial charge in [-0.3, -0.25) is 9.59 Å². The van der Waals surface area contributed by atoms with Gasteiger partial charge in [0.1, 0.15) is 4.88 Å². The number of benzene rings is 1. The fourth-order valence-electron chi connectivity index (χ4n) is 3.00. The molecule has 1 unspecified atom stereocenters. The van der Waals surface area contributed by atoms with Crippen LogP contribution in [0.2, 0.25) is 0 Å². The largest absolute Gasteiger partial charge is 0.397 e. The van der Waals surface area contributed by atoms with Gasteiger partial charge in [0.2, 0.25) is 0 Å². The van der Waals surface area contributed by atoms with Crippen LogP contribution in [-0.4, -0.2) is 17.0 Å². The predicted molar refractivity (Wildman–Crippen MR) is 103 cm³/mol. The van der Waals surface area contributed by atoms with Crippen LogP contribution < -0.4 is 16.6 Å². The minimum atomic E-state index is -0.235. The van der Waals surface area contributed by atoms with E-state index in [-0.39, 0.29) is 23.1 Å². The number of rotatable bonds is 4. The first-order valence-corrected chi connectivity index (χ1v) is 9.02. The van der Waals surface area contributed by atoms with Crippen molar-refractivity contribution < 1.29 is 4.79 Å². The molecule has 0 saturated heterocycles. The van der Waals surface area contributed by atoms with Gasteiger partial charge in [-0.2, -0.15) is 0 Å². The number of anilines is 1. The molecule has 0 aliphatic heterocycles. The molecule has 3 N–H and O–H groups in total. The van der Waals surface area contributed by atoms with Gasteiger partial charge in [0.15, 0.2) is 0 Å². The lowest BCUT2D eigenvalue weighted by molar-refractivity contribution is 0.0960. The number of nitrogens with one attached hydrogen (secondary N) is 1. The minimum absolute atomic E-state index is 0.0793. The summed E-state index contributed by atoms with van der Waals surface area (Å²) < 4.78 is 2.33. The number of thiophene rings is 1. The van der Waals surface area contributed by atoms with Crippen LogP contribution in [0.25, 0.3) is 10.1 Å². The Morgan fingerprint density at radius 1 is 1.32 bits per heavy atom. The predicted octanol–water partition coefficient (Wildman–Crippen LogP) is 3.08. The molecule has 1 aromatic carbocycles. The third-order valence-electron chi connectivity index (χ3n) is 4.38. The van der Waals surface area contributed by atoms with Gasteiger partial charge in [-0.05, 0) is 18.1 Å². The normalized spacial score (nSPS) is 12.3. The summed E-state index contributed by atoms with van der Waals surface area (Å²) in [6.45, 7) is 4.46. The SMILES string of the molecule is CCNC(=O)c1sc2c(C(C)c3ccccc3)cn(C)c(=O)c2c1N. The fraction of sp³-hybridized carbons (Fsp3) is 0.263. The van der Waals surface area contributed by atoms with Crippen molar-refractivity contribution in [2.75, 3.05) is 12.3 Å². The van der Waals surface area contributed by atoms with Gasteiger partial charge in [0.25, 0.3) is 11.5 Å². The van der Waals surface area contributed by atoms with Crippen LogP contribution in [-0.2, 0) is 7.05 Å². The van der Waals surface area contributed by atoms with Gasteiger partial charge in [-0.25, -0.2) is 0 Å². The number of aromatic nitrogens is 1. The van der Waals surface area contributed by atoms with Gasteiger partial charge in [-0.1, -0.05) is 37.3 Å². The van der Waals surface area contributed by atoms with Crippen LogP contribution in [0, 0.1) is 0 Å². The van der Waals surface area contributed by atoms with E-state index in [4.69, 9.17) is 5.73 Å². The molecule has 1 atom stereocenters. The molecule has 3 rings (SSSR count). The summed E-state index contributed by atoms with van der Waals surface area (Å²) in [7, 11) is 1.71. The Morgan fingerprint density at radius 2 is 2.00 bits per heavy atom. The fourth-order valence-corrected chi connectivity index (χ4v) is 4.23. The van der Waals surface area contributed by atoms with E-state index in [9.17, 15) is 9.59 Å². The standard InChI is InChI=1S/C19H21N3O2S/c1-4-21-18(23)17-15(20)14-16(25-17)13(10-22(3)19(14)24)11(2)12-8-6-5-7-9-12/h5-11H,4,20H2,1-3H3,(H,21,23). The van der Waals surface area contributed by atoms with Crippen molar-refractivity contribution in [2.24, 2.45) is 7.05 Å². The van der Waals surface area contributed by atoms with E-state index in [1.165, 1.54) is 11.3 Å². The summed E-state index contributed by atoms with van der Waals surface area (Å²) >= 11 is 1.29. The highest BCUT2D eigenvalue weighted by molar-refractivity contribution is 7.21. The van der Waals surface area contributed by atoms with Gasteiger partial charge in [0.05, 0.1) is 11.1 Å². The first-order chi connectivity index (χ1) is 12.0. The molecule has 130 valence electrons. The number of fused-ring (bicyclic) bond motifs is 1. The monoisotopic (exact) mass is 355 g/mol. The lowest BCUT2D eigenvalue weighted by Gasteiger charge is -2.14. The van der Waals surface area contributed by atoms with Gasteiger partial charge < -0.3 is 15.6 Å². The summed E-state index contributed by atoms with van der Waals surface area (Å²) in [6.07, 6.45) is 1.85. The maximum Gasteiger partial charge on any atom is 0.263 e. The molecule has 0 radical (unpaired) electrons. The zero-order chi connectivity index (χ0) is 18.1. The molecule has 6 heteroatoms. The van der Waals surface area contributed by atoms with Crippen molar-refractivity contribution in [3.8, 4) is 0 Å². The summed E-state index contributed by atoms with van der Waals surface area (Å²) in [5, 5.41) is 3.20. The van der Waals surface area contributed by atoms with Crippen LogP contribution in [0.5, 0.6) is 0 Å². The zero-order valence-electron chi connectivity index (χ0n) is 14.5. The number of amides is 1. The molecule has 2 aromatic heterocycles. The molecule has 0 saturated carbocycles. The summed E-state index contributed by atoms with van der Waals surface area (Å²) in [6, 6.07) is 10.1. The van der Waals surface area contributed by atoms with Crippen molar-refractivity contribution in [2.45, 2.75) is 19.8 Å². The molecule has 5 nitrogen and oxygen atoms in total. The van der Waals surface area contributed by atoms with E-state index < -0.39 is 0 Å². The van der Waals surface area contributed by atoms with E-state index in [2.05, 4.69) is 24.4 Å². The third-order valence-corrected chi connectivity index (χ3v) is 5.64. The molecule has 0 fully saturated rings. The Bertz CT molecular complexity index is 989. The number of nitrogens with zero attached hydrogens (tertiary/aromatic N) is 1. The van der Waals surface area contributed by atoms with Crippen LogP contribution >= 0.6 is 11.3 Å². The number of carbonyl (C=O) groups excluding carboxylic acids is 1. The van der Waals surface area contributed by atoms with E-state index in [0.717, 1.165) is 15.8 Å². The van der Waals surface area contributed by atoms with Gasteiger partial charge in [0, 0.05) is 30.4 Å². The van der Waals surface area contributed by atoms with E-state index in [1.54, 1.807) is 11.6 Å². The smallest absolute Gasteiger partial charge is 0.263 e. The van der Waals surface area contributed by atoms with Gasteiger partial charge >= 0.3 is 0 Å². The molecule has 1 amide bonds. The minimum Gasteiger partial charge on any atom is -0.397 e. The van der Waals surface area contributed by atoms with E-state index in [0.29, 0.717) is 16.8 Å². The van der Waals surface area contributed by atoms with Gasteiger partial charge in [-0.15, -0.1) is 11.3 Å². The second-order valence-corrected chi connectivity index (χ2v) is 7.06. The lowest BCUT2D eigenvalue weighted by Crippen LogP contribution is -2.23. The molecule has 0 bridgehead atoms. The van der Waals surface area contributed by atoms with Crippen molar-refractivity contribution in [1.29, 1.82) is 0 Å². The van der Waals surface area contributed by atoms with Crippen molar-refractivity contribution in [3.05, 3.63) is 62.9 Å². The highest BCUT2D eigenvalue weighted by atomic mass is 32.1. The quantitative estimate of drug-likeness (QED) is 0.755. The average Bonchev–Trinajstić information content (AvgIpc) is 2.96. The summed E-state index contributed by atoms with van der Waals surface area (Å²) in [5.74, 6) is -0.155. The van der Waals surface area contributed by atoms with Crippen LogP contribution in [0.3, 0.4) is 0 Å². The van der Waals surface area contributed by atoms with Crippen molar-refractivity contribution >= 4 is 33.0 Å². The maximum absolute atomic E-state index is 12.6. The number of pyridine rings is 1. The highest BCUT2D eigenvalue weighted by Gasteiger charge is 2.23. The van der Waals surface area contributed by atoms with Crippen molar-refractivity contribution in [3.63, 3.8) is 0 Å². The highest BCUT2D eigenvalue weighted by Crippen LogP contribution is 2.38. The Kier molecular flexibility index (Phi) is 4.63. The number of nitrogens with two attached hydrogens (primary N) is 1. The summed E-state index contributed by atoms with van der Waals surface area (Å²) in [5.41, 5.74) is 8.42. The number of hydrogen-bond acceptors (Lipinski definition) is 4. The Labute approximate surface area is 150 Å². The second kappa shape index (κ2) is 6.72. The average molecular weight is 355 g/mol. The maximum atomic E-state index is 12.6. The number of aryl methyl sites for hydroxylation is 1. The number of carbonyl (C=O) groups is 1. The molecule has 0 spiro atoms. The number of nitrogen functional groups attached to an aromatic ring is 1. The van der Waals surface area contributed by atoms with Crippen molar-refractivity contribution in [1.82, 2.24) is 9.88 Å². The topological polar surface area (TPSA) is 77.1 Å². The first-order valence-electron chi connectivity index (χ1n) is 8.20. The Morgan fingerprint density at radius 3 is 2.64 bits per heavy atom. The second-order valence-electron chi connectivity index (χ2n) is 6.04. The third kappa shape index (κ3) is 2.93. The Hall–Kier alpha value is -2.60. The molecule has 0 aliphatic carbocycles. The van der Waals surface area contributed by atoms with Crippen LogP contribution in [0.15, 0.2) is 41.3 Å². The molecule has 0 aliphatic rings. The molecule has 25 heavy (non-hydrogen) atoms. The molecular weight excluding hydrogens is 334 g/mol. The first kappa shape index (κ1) is 17.2. The summed E-state index contributed by atoms with van der Waals surface area (Å²) in [4.78, 5) is 25.3. The number of hydrogen-bond donors (Lipinski definition) is 2. The van der Waals surface area contributed by atoms with Crippen LogP contribution in [0.4, 0.5) is 5.69 Å². The molecular formula is C19H21N3O2S. The van der Waals surface area contributed by atoms with E-state index >= 15 is 0 Å². The van der Waals surface area contributed by atoms with E-state index in [1.807, 2.05) is 31.3 Å². The molecule has 2 heterocycles. The van der Waals surface area contributed by atoms with Crippen LogP contribution in [0.1, 0.15) is 40.6 Å². The lowest BCUT2D eigenvalue weighted by atomic mass is 9.93.